The van der Waals surface area contributed by atoms with E-state index in [4.69, 9.17) is 4.98 Å². The minimum absolute atomic E-state index is 0.366. The first-order chi connectivity index (χ1) is 28.4. The molecule has 0 N–H and O–H groups in total. The predicted octanol–water partition coefficient (Wildman–Crippen LogP) is 14.5. The molecule has 0 radical (unpaired) electrons. The van der Waals surface area contributed by atoms with Crippen molar-refractivity contribution in [3.8, 4) is 0 Å². The van der Waals surface area contributed by atoms with Crippen molar-refractivity contribution in [3.63, 3.8) is 0 Å². The van der Waals surface area contributed by atoms with Gasteiger partial charge in [-0.05, 0) is 120 Å². The molecule has 0 spiro atoms. The molecular weight excluding hydrogens is 703 g/mol. The van der Waals surface area contributed by atoms with Crippen molar-refractivity contribution in [1.29, 1.82) is 0 Å². The molecule has 3 heterocycles. The van der Waals surface area contributed by atoms with Gasteiger partial charge in [-0.3, -0.25) is 4.98 Å². The quantitative estimate of drug-likeness (QED) is 0.164. The second-order valence-electron chi connectivity index (χ2n) is 18.0. The van der Waals surface area contributed by atoms with Gasteiger partial charge < -0.3 is 9.13 Å². The summed E-state index contributed by atoms with van der Waals surface area (Å²) in [7, 11) is 0. The summed E-state index contributed by atoms with van der Waals surface area (Å²) in [5.74, 6) is 3.41. The third-order valence-corrected chi connectivity index (χ3v) is 14.4. The fourth-order valence-electron chi connectivity index (χ4n) is 11.2. The average molecular weight is 756 g/mol. The fourth-order valence-corrected chi connectivity index (χ4v) is 11.2. The molecule has 7 aromatic rings. The van der Waals surface area contributed by atoms with Crippen molar-refractivity contribution in [1.82, 2.24) is 14.1 Å². The van der Waals surface area contributed by atoms with Crippen LogP contribution in [0.2, 0.25) is 0 Å². The van der Waals surface area contributed by atoms with E-state index in [2.05, 4.69) is 183 Å². The summed E-state index contributed by atoms with van der Waals surface area (Å²) in [6.45, 7) is 9.56. The molecule has 58 heavy (non-hydrogen) atoms. The van der Waals surface area contributed by atoms with E-state index in [1.165, 1.54) is 102 Å². The lowest BCUT2D eigenvalue weighted by Crippen LogP contribution is -2.22. The van der Waals surface area contributed by atoms with Gasteiger partial charge in [-0.15, -0.1) is 0 Å². The average Bonchev–Trinajstić information content (AvgIpc) is 3.77. The Morgan fingerprint density at radius 1 is 0.603 bits per heavy atom. The summed E-state index contributed by atoms with van der Waals surface area (Å²) < 4.78 is 5.18. The summed E-state index contributed by atoms with van der Waals surface area (Å²) >= 11 is 0. The van der Waals surface area contributed by atoms with Gasteiger partial charge in [0.25, 0.3) is 0 Å². The highest BCUT2D eigenvalue weighted by Crippen LogP contribution is 2.48. The molecule has 0 saturated heterocycles. The number of pyridine rings is 1. The topological polar surface area (TPSA) is 22.8 Å². The van der Waals surface area contributed by atoms with E-state index in [0.717, 1.165) is 12.8 Å². The Morgan fingerprint density at radius 3 is 1.93 bits per heavy atom. The van der Waals surface area contributed by atoms with Crippen LogP contribution in [0.1, 0.15) is 76.2 Å². The van der Waals surface area contributed by atoms with Crippen LogP contribution < -0.4 is 0 Å². The van der Waals surface area contributed by atoms with Gasteiger partial charge in [0, 0.05) is 44.6 Å². The van der Waals surface area contributed by atoms with Gasteiger partial charge in [-0.2, -0.15) is 0 Å². The zero-order chi connectivity index (χ0) is 39.1. The first-order valence-corrected chi connectivity index (χ1v) is 22.0. The molecule has 0 bridgehead atoms. The normalized spacial score (nSPS) is 26.0. The summed E-state index contributed by atoms with van der Waals surface area (Å²) in [6, 6.07) is 31.9. The number of rotatable bonds is 4. The largest absolute Gasteiger partial charge is 0.307 e. The minimum atomic E-state index is 0.366. The van der Waals surface area contributed by atoms with Crippen LogP contribution in [0.3, 0.4) is 0 Å². The molecule has 0 saturated carbocycles. The Kier molecular flexibility index (Phi) is 8.57. The first-order valence-electron chi connectivity index (χ1n) is 22.0. The van der Waals surface area contributed by atoms with Crippen LogP contribution in [0.15, 0.2) is 140 Å². The molecule has 288 valence electrons. The van der Waals surface area contributed by atoms with Crippen molar-refractivity contribution < 1.29 is 0 Å². The second-order valence-corrected chi connectivity index (χ2v) is 18.0. The highest BCUT2D eigenvalue weighted by Gasteiger charge is 2.30. The predicted molar refractivity (Wildman–Crippen MR) is 248 cm³/mol. The zero-order valence-electron chi connectivity index (χ0n) is 34.3. The lowest BCUT2D eigenvalue weighted by atomic mass is 9.75. The summed E-state index contributed by atoms with van der Waals surface area (Å²) in [6.07, 6.45) is 30.1. The maximum absolute atomic E-state index is 5.35. The molecule has 11 rings (SSSR count). The number of hydrogen-bond acceptors (Lipinski definition) is 1. The van der Waals surface area contributed by atoms with Crippen molar-refractivity contribution >= 4 is 71.9 Å². The van der Waals surface area contributed by atoms with Crippen molar-refractivity contribution in [2.75, 3.05) is 0 Å². The van der Waals surface area contributed by atoms with Gasteiger partial charge in [0.05, 0.1) is 27.8 Å². The Balaban J connectivity index is 1.06. The molecular formula is C55H53N3. The van der Waals surface area contributed by atoms with Gasteiger partial charge in [-0.1, -0.05) is 137 Å². The number of fused-ring (bicyclic) bond motifs is 11. The van der Waals surface area contributed by atoms with Crippen molar-refractivity contribution in [2.45, 2.75) is 65.7 Å². The van der Waals surface area contributed by atoms with Crippen LogP contribution in [-0.2, 0) is 6.42 Å². The number of benzene rings is 4. The van der Waals surface area contributed by atoms with Crippen LogP contribution in [0, 0.1) is 35.5 Å². The van der Waals surface area contributed by atoms with Gasteiger partial charge >= 0.3 is 0 Å². The standard InChI is InChI=1S/C55H53N3/c1-34-14-11-18-40(32-34)57-50-24-9-7-21-46(50)52-44-19-5-6-20-45(44)53-47-22-8-10-25-51(47)58(55(53)54(52)57)41-28-29-42(36(3)33-41)38-16-13-17-39-27-31-49(56-48(39)30-26-38)43-23-12-15-35(2)37(43)4/h5-12,18-38,42-43H,13-17H2,1-4H3. The van der Waals surface area contributed by atoms with Crippen molar-refractivity contribution in [2.24, 2.45) is 35.5 Å². The summed E-state index contributed by atoms with van der Waals surface area (Å²) in [5.41, 5.74) is 11.4. The monoisotopic (exact) mass is 755 g/mol. The van der Waals surface area contributed by atoms with E-state index in [1.807, 2.05) is 0 Å². The highest BCUT2D eigenvalue weighted by molar-refractivity contribution is 6.37. The Morgan fingerprint density at radius 2 is 1.26 bits per heavy atom. The number of para-hydroxylation sites is 2. The molecule has 0 fully saturated rings. The molecule has 4 aliphatic rings. The van der Waals surface area contributed by atoms with Crippen LogP contribution >= 0.6 is 0 Å². The summed E-state index contributed by atoms with van der Waals surface area (Å²) in [4.78, 5) is 5.35. The third-order valence-electron chi connectivity index (χ3n) is 14.4. The van der Waals surface area contributed by atoms with E-state index in [0.29, 0.717) is 41.4 Å². The third kappa shape index (κ3) is 5.57. The molecule has 4 aliphatic carbocycles. The number of aromatic nitrogens is 3. The van der Waals surface area contributed by atoms with E-state index in [9.17, 15) is 0 Å². The molecule has 0 amide bonds. The zero-order valence-corrected chi connectivity index (χ0v) is 34.3. The fraction of sp³-hybridized carbons (Fsp3) is 0.291. The van der Waals surface area contributed by atoms with Crippen LogP contribution in [0.5, 0.6) is 0 Å². The molecule has 7 atom stereocenters. The maximum Gasteiger partial charge on any atom is 0.0795 e. The molecule has 0 aliphatic heterocycles. The minimum Gasteiger partial charge on any atom is -0.307 e. The molecule has 3 nitrogen and oxygen atoms in total. The highest BCUT2D eigenvalue weighted by atomic mass is 15.1. The maximum atomic E-state index is 5.35. The Bertz CT molecular complexity index is 2970. The van der Waals surface area contributed by atoms with Gasteiger partial charge in [-0.25, -0.2) is 0 Å². The van der Waals surface area contributed by atoms with E-state index in [-0.39, 0.29) is 0 Å². The lowest BCUT2D eigenvalue weighted by Gasteiger charge is -2.31. The number of hydrogen-bond donors (Lipinski definition) is 0. The number of aryl methyl sites for hydroxylation is 1. The van der Waals surface area contributed by atoms with E-state index >= 15 is 0 Å². The van der Waals surface area contributed by atoms with Crippen LogP contribution in [-0.4, -0.2) is 14.1 Å². The lowest BCUT2D eigenvalue weighted by molar-refractivity contribution is 0.339. The summed E-state index contributed by atoms with van der Waals surface area (Å²) in [5, 5.41) is 7.91. The molecule has 3 aromatic heterocycles. The molecule has 3 heteroatoms. The molecule has 7 unspecified atom stereocenters. The van der Waals surface area contributed by atoms with E-state index in [1.54, 1.807) is 0 Å². The molecule has 4 aromatic carbocycles. The van der Waals surface area contributed by atoms with Gasteiger partial charge in [0.2, 0.25) is 0 Å². The van der Waals surface area contributed by atoms with Crippen LogP contribution in [0.25, 0.3) is 71.9 Å². The van der Waals surface area contributed by atoms with E-state index < -0.39 is 0 Å². The SMILES string of the molecule is CC1C=C(n2c3ccccc3c3c4ccccc4c4c5ccccc5n(C5=CC(C)C(C6C=Cc7nc(C8C=CCC(C)C8C)ccc7CCC6)C=C5)c4c32)C=CC1. The Hall–Kier alpha value is -5.67. The van der Waals surface area contributed by atoms with Crippen molar-refractivity contribution in [3.05, 3.63) is 157 Å². The smallest absolute Gasteiger partial charge is 0.0795 e. The van der Waals surface area contributed by atoms with Gasteiger partial charge in [0.1, 0.15) is 0 Å². The number of allylic oxidation sites excluding steroid dienone is 11. The van der Waals surface area contributed by atoms with Gasteiger partial charge in [0.15, 0.2) is 0 Å². The van der Waals surface area contributed by atoms with Crippen LogP contribution in [0.4, 0.5) is 0 Å². The Labute approximate surface area is 342 Å². The first kappa shape index (κ1) is 35.5. The number of nitrogens with zero attached hydrogens (tertiary/aromatic N) is 3. The second kappa shape index (κ2) is 14.0.